The van der Waals surface area contributed by atoms with Crippen LogP contribution in [0, 0.1) is 0 Å². The number of ether oxygens (including phenoxy) is 2. The first-order chi connectivity index (χ1) is 17.1. The van der Waals surface area contributed by atoms with Gasteiger partial charge in [-0.15, -0.1) is 5.10 Å². The van der Waals surface area contributed by atoms with Crippen molar-refractivity contribution < 1.29 is 14.3 Å². The summed E-state index contributed by atoms with van der Waals surface area (Å²) in [6, 6.07) is 18.2. The van der Waals surface area contributed by atoms with E-state index in [-0.39, 0.29) is 5.91 Å². The van der Waals surface area contributed by atoms with Gasteiger partial charge in [-0.2, -0.15) is 4.98 Å². The molecule has 2 aromatic heterocycles. The number of carbonyl (C=O) groups excluding carboxylic acids is 1. The molecule has 5 rings (SSSR count). The Morgan fingerprint density at radius 1 is 1.03 bits per heavy atom. The van der Waals surface area contributed by atoms with Crippen LogP contribution in [0.3, 0.4) is 0 Å². The second kappa shape index (κ2) is 9.30. The fraction of sp³-hybridized carbons (Fsp3) is 0.154. The monoisotopic (exact) mass is 468 g/mol. The second-order valence-electron chi connectivity index (χ2n) is 7.97. The molecule has 35 heavy (non-hydrogen) atoms. The predicted octanol–water partition coefficient (Wildman–Crippen LogP) is 4.28. The fourth-order valence-electron chi connectivity index (χ4n) is 4.06. The van der Waals surface area contributed by atoms with Crippen molar-refractivity contribution in [2.75, 3.05) is 24.9 Å². The number of carbonyl (C=O) groups is 1. The third-order valence-electron chi connectivity index (χ3n) is 5.77. The van der Waals surface area contributed by atoms with Crippen molar-refractivity contribution in [1.29, 1.82) is 0 Å². The van der Waals surface area contributed by atoms with Gasteiger partial charge in [-0.3, -0.25) is 9.78 Å². The molecule has 0 spiro atoms. The summed E-state index contributed by atoms with van der Waals surface area (Å²) in [4.78, 5) is 22.3. The molecule has 4 aromatic rings. The van der Waals surface area contributed by atoms with Crippen LogP contribution in [0.25, 0.3) is 11.4 Å². The number of fused-ring (bicyclic) bond motifs is 1. The van der Waals surface area contributed by atoms with Crippen molar-refractivity contribution in [3.05, 3.63) is 89.9 Å². The average molecular weight is 469 g/mol. The molecule has 176 valence electrons. The Balaban J connectivity index is 1.60. The van der Waals surface area contributed by atoms with Crippen LogP contribution >= 0.6 is 0 Å². The van der Waals surface area contributed by atoms with Gasteiger partial charge in [-0.05, 0) is 61.0 Å². The molecule has 0 bridgehead atoms. The highest BCUT2D eigenvalue weighted by atomic mass is 16.5. The van der Waals surface area contributed by atoms with Crippen LogP contribution in [0.2, 0.25) is 0 Å². The number of methoxy groups -OCH3 is 2. The molecule has 9 nitrogen and oxygen atoms in total. The van der Waals surface area contributed by atoms with Crippen molar-refractivity contribution in [2.45, 2.75) is 13.0 Å². The lowest BCUT2D eigenvalue weighted by atomic mass is 9.95. The van der Waals surface area contributed by atoms with Crippen LogP contribution in [0.4, 0.5) is 11.6 Å². The second-order valence-corrected chi connectivity index (χ2v) is 7.97. The van der Waals surface area contributed by atoms with E-state index in [1.54, 1.807) is 43.4 Å². The van der Waals surface area contributed by atoms with E-state index in [0.717, 1.165) is 16.9 Å². The number of hydrogen-bond acceptors (Lipinski definition) is 7. The standard InChI is InChI=1S/C26H24N6O3/c1-16-22(25(33)29-19-7-5-13-27-15-19)23(18-6-4-8-21(14-18)35-3)32-26(28-16)30-24(31-32)17-9-11-20(34-2)12-10-17/h4-15,23H,1-3H3,(H,29,33)(H,28,30,31)/t23-/m1/s1. The summed E-state index contributed by atoms with van der Waals surface area (Å²) in [6.45, 7) is 1.86. The number of benzene rings is 2. The molecule has 2 N–H and O–H groups in total. The van der Waals surface area contributed by atoms with Crippen LogP contribution < -0.4 is 20.1 Å². The molecule has 9 heteroatoms. The zero-order valence-corrected chi connectivity index (χ0v) is 19.5. The highest BCUT2D eigenvalue weighted by molar-refractivity contribution is 6.06. The third-order valence-corrected chi connectivity index (χ3v) is 5.77. The van der Waals surface area contributed by atoms with Gasteiger partial charge in [0.25, 0.3) is 5.91 Å². The van der Waals surface area contributed by atoms with E-state index in [0.29, 0.717) is 34.5 Å². The maximum Gasteiger partial charge on any atom is 0.255 e. The topological polar surface area (TPSA) is 103 Å². The molecule has 0 fully saturated rings. The van der Waals surface area contributed by atoms with Gasteiger partial charge in [0.1, 0.15) is 17.5 Å². The van der Waals surface area contributed by atoms with Gasteiger partial charge in [-0.1, -0.05) is 12.1 Å². The lowest BCUT2D eigenvalue weighted by Crippen LogP contribution is -2.31. The smallest absolute Gasteiger partial charge is 0.255 e. The molecule has 0 aliphatic carbocycles. The third kappa shape index (κ3) is 4.31. The van der Waals surface area contributed by atoms with Gasteiger partial charge < -0.3 is 20.1 Å². The summed E-state index contributed by atoms with van der Waals surface area (Å²) < 4.78 is 12.4. The Kier molecular flexibility index (Phi) is 5.88. The quantitative estimate of drug-likeness (QED) is 0.435. The first-order valence-corrected chi connectivity index (χ1v) is 11.0. The van der Waals surface area contributed by atoms with Crippen LogP contribution in [0.15, 0.2) is 84.3 Å². The number of hydrogen-bond donors (Lipinski definition) is 2. The number of anilines is 2. The number of nitrogens with one attached hydrogen (secondary N) is 2. The SMILES string of the molecule is COc1ccc(-c2nc3n(n2)[C@H](c2cccc(OC)c2)C(C(=O)Nc2cccnc2)=C(C)N3)cc1. The number of nitrogens with zero attached hydrogens (tertiary/aromatic N) is 4. The van der Waals surface area contributed by atoms with Gasteiger partial charge in [0.05, 0.1) is 31.7 Å². The Labute approximate surface area is 202 Å². The van der Waals surface area contributed by atoms with E-state index in [4.69, 9.17) is 19.6 Å². The molecular formula is C26H24N6O3. The van der Waals surface area contributed by atoms with Crippen LogP contribution in [0.5, 0.6) is 11.5 Å². The number of rotatable bonds is 6. The number of allylic oxidation sites excluding steroid dienone is 1. The largest absolute Gasteiger partial charge is 0.497 e. The maximum absolute atomic E-state index is 13.5. The Morgan fingerprint density at radius 3 is 2.54 bits per heavy atom. The summed E-state index contributed by atoms with van der Waals surface area (Å²) in [5.74, 6) is 2.24. The van der Waals surface area contributed by atoms with E-state index >= 15 is 0 Å². The Hall–Kier alpha value is -4.66. The van der Waals surface area contributed by atoms with Crippen molar-refractivity contribution >= 4 is 17.5 Å². The highest BCUT2D eigenvalue weighted by Gasteiger charge is 2.34. The van der Waals surface area contributed by atoms with Crippen molar-refractivity contribution in [3.8, 4) is 22.9 Å². The normalized spacial score (nSPS) is 14.7. The van der Waals surface area contributed by atoms with Crippen LogP contribution in [-0.4, -0.2) is 39.9 Å². The zero-order valence-electron chi connectivity index (χ0n) is 19.5. The molecule has 1 aliphatic heterocycles. The maximum atomic E-state index is 13.5. The van der Waals surface area contributed by atoms with E-state index < -0.39 is 6.04 Å². The lowest BCUT2D eigenvalue weighted by molar-refractivity contribution is -0.113. The summed E-state index contributed by atoms with van der Waals surface area (Å²) in [5.41, 5.74) is 3.47. The number of pyridine rings is 1. The molecule has 0 unspecified atom stereocenters. The van der Waals surface area contributed by atoms with Crippen LogP contribution in [0.1, 0.15) is 18.5 Å². The summed E-state index contributed by atoms with van der Waals surface area (Å²) in [5, 5.41) is 11.0. The minimum atomic E-state index is -0.530. The first kappa shape index (κ1) is 22.1. The minimum Gasteiger partial charge on any atom is -0.497 e. The summed E-state index contributed by atoms with van der Waals surface area (Å²) >= 11 is 0. The van der Waals surface area contributed by atoms with Gasteiger partial charge >= 0.3 is 0 Å². The lowest BCUT2D eigenvalue weighted by Gasteiger charge is -2.28. The van der Waals surface area contributed by atoms with E-state index in [9.17, 15) is 4.79 Å². The van der Waals surface area contributed by atoms with E-state index in [1.807, 2.05) is 55.5 Å². The van der Waals surface area contributed by atoms with E-state index in [1.165, 1.54) is 0 Å². The van der Waals surface area contributed by atoms with Gasteiger partial charge in [0.2, 0.25) is 5.95 Å². The molecular weight excluding hydrogens is 444 g/mol. The van der Waals surface area contributed by atoms with Gasteiger partial charge in [-0.25, -0.2) is 4.68 Å². The minimum absolute atomic E-state index is 0.261. The molecule has 0 saturated carbocycles. The Bertz CT molecular complexity index is 1400. The van der Waals surface area contributed by atoms with Gasteiger partial charge in [0, 0.05) is 17.5 Å². The van der Waals surface area contributed by atoms with E-state index in [2.05, 4.69) is 15.6 Å². The van der Waals surface area contributed by atoms with Gasteiger partial charge in [0.15, 0.2) is 5.82 Å². The van der Waals surface area contributed by atoms with Crippen molar-refractivity contribution in [1.82, 2.24) is 19.7 Å². The summed E-state index contributed by atoms with van der Waals surface area (Å²) in [6.07, 6.45) is 3.26. The summed E-state index contributed by atoms with van der Waals surface area (Å²) in [7, 11) is 3.24. The number of aromatic nitrogens is 4. The van der Waals surface area contributed by atoms with Crippen molar-refractivity contribution in [2.24, 2.45) is 0 Å². The fourth-order valence-corrected chi connectivity index (χ4v) is 4.06. The average Bonchev–Trinajstić information content (AvgIpc) is 3.32. The molecule has 0 radical (unpaired) electrons. The first-order valence-electron chi connectivity index (χ1n) is 11.0. The molecule has 1 aliphatic rings. The van der Waals surface area contributed by atoms with Crippen molar-refractivity contribution in [3.63, 3.8) is 0 Å². The Morgan fingerprint density at radius 2 is 1.83 bits per heavy atom. The predicted molar refractivity (Wildman–Crippen MR) is 132 cm³/mol. The molecule has 0 saturated heterocycles. The molecule has 3 heterocycles. The molecule has 1 atom stereocenters. The zero-order chi connectivity index (χ0) is 24.4. The highest BCUT2D eigenvalue weighted by Crippen LogP contribution is 2.37. The van der Waals surface area contributed by atoms with Crippen LogP contribution in [-0.2, 0) is 4.79 Å². The molecule has 1 amide bonds. The molecule has 2 aromatic carbocycles. The number of amides is 1.